The van der Waals surface area contributed by atoms with E-state index in [-0.39, 0.29) is 5.54 Å². The lowest BCUT2D eigenvalue weighted by Gasteiger charge is -2.24. The third-order valence-electron chi connectivity index (χ3n) is 3.40. The lowest BCUT2D eigenvalue weighted by atomic mass is 10.1. The van der Waals surface area contributed by atoms with Crippen LogP contribution in [0.2, 0.25) is 0 Å². The van der Waals surface area contributed by atoms with Gasteiger partial charge in [0.1, 0.15) is 0 Å². The van der Waals surface area contributed by atoms with Gasteiger partial charge in [0.25, 0.3) is 0 Å². The highest BCUT2D eigenvalue weighted by Gasteiger charge is 2.24. The first-order valence-corrected chi connectivity index (χ1v) is 8.31. The van der Waals surface area contributed by atoms with Crippen LogP contribution in [0, 0.1) is 0 Å². The van der Waals surface area contributed by atoms with E-state index in [0.29, 0.717) is 0 Å². The number of hydrogen-bond acceptors (Lipinski definition) is 1. The van der Waals surface area contributed by atoms with Gasteiger partial charge in [0.15, 0.2) is 5.96 Å². The summed E-state index contributed by atoms with van der Waals surface area (Å²) >= 11 is 0. The molecule has 1 rings (SSSR count). The summed E-state index contributed by atoms with van der Waals surface area (Å²) in [6.07, 6.45) is 13.6. The molecule has 1 fully saturated rings. The van der Waals surface area contributed by atoms with Crippen molar-refractivity contribution in [2.24, 2.45) is 4.99 Å². The van der Waals surface area contributed by atoms with E-state index in [4.69, 9.17) is 4.99 Å². The van der Waals surface area contributed by atoms with Crippen molar-refractivity contribution in [1.29, 1.82) is 0 Å². The highest BCUT2D eigenvalue weighted by molar-refractivity contribution is 5.82. The summed E-state index contributed by atoms with van der Waals surface area (Å²) in [4.78, 5) is 9.55. The summed E-state index contributed by atoms with van der Waals surface area (Å²) in [7, 11) is 2.14. The SMILES string of the molecule is CCC/C=C/C=C/CCCN1CCN(C)C1=NC(C)(C)C. The monoisotopic (exact) mass is 291 g/mol. The van der Waals surface area contributed by atoms with Gasteiger partial charge in [-0.1, -0.05) is 37.6 Å². The Morgan fingerprint density at radius 1 is 1.10 bits per heavy atom. The van der Waals surface area contributed by atoms with Crippen molar-refractivity contribution in [3.63, 3.8) is 0 Å². The van der Waals surface area contributed by atoms with E-state index in [9.17, 15) is 0 Å². The van der Waals surface area contributed by atoms with Crippen LogP contribution in [0.4, 0.5) is 0 Å². The maximum atomic E-state index is 4.86. The molecule has 21 heavy (non-hydrogen) atoms. The van der Waals surface area contributed by atoms with Crippen molar-refractivity contribution in [3.05, 3.63) is 24.3 Å². The molecule has 0 aliphatic carbocycles. The predicted octanol–water partition coefficient (Wildman–Crippen LogP) is 4.08. The highest BCUT2D eigenvalue weighted by Crippen LogP contribution is 2.14. The minimum Gasteiger partial charge on any atom is -0.344 e. The molecule has 3 nitrogen and oxygen atoms in total. The number of hydrogen-bond donors (Lipinski definition) is 0. The zero-order valence-corrected chi connectivity index (χ0v) is 14.6. The summed E-state index contributed by atoms with van der Waals surface area (Å²) < 4.78 is 0. The van der Waals surface area contributed by atoms with Gasteiger partial charge in [0.2, 0.25) is 0 Å². The van der Waals surface area contributed by atoms with E-state index in [1.807, 2.05) is 0 Å². The first kappa shape index (κ1) is 17.8. The molecule has 0 amide bonds. The van der Waals surface area contributed by atoms with Crippen molar-refractivity contribution in [2.45, 2.75) is 58.9 Å². The van der Waals surface area contributed by atoms with Crippen molar-refractivity contribution < 1.29 is 0 Å². The smallest absolute Gasteiger partial charge is 0.196 e. The molecule has 1 aliphatic rings. The maximum Gasteiger partial charge on any atom is 0.196 e. The van der Waals surface area contributed by atoms with E-state index in [1.54, 1.807) is 0 Å². The Balaban J connectivity index is 2.36. The molecule has 1 heterocycles. The van der Waals surface area contributed by atoms with E-state index in [2.05, 4.69) is 68.8 Å². The van der Waals surface area contributed by atoms with Crippen LogP contribution >= 0.6 is 0 Å². The zero-order chi connectivity index (χ0) is 15.7. The molecule has 0 aromatic heterocycles. The van der Waals surface area contributed by atoms with E-state index < -0.39 is 0 Å². The summed E-state index contributed by atoms with van der Waals surface area (Å²) in [5.74, 6) is 1.16. The van der Waals surface area contributed by atoms with Crippen LogP contribution in [0.5, 0.6) is 0 Å². The van der Waals surface area contributed by atoms with Crippen LogP contribution in [-0.2, 0) is 0 Å². The van der Waals surface area contributed by atoms with E-state index in [0.717, 1.165) is 32.0 Å². The Labute approximate surface area is 131 Å². The fraction of sp³-hybridized carbons (Fsp3) is 0.722. The van der Waals surface area contributed by atoms with Gasteiger partial charge in [-0.05, 0) is 40.0 Å². The fourth-order valence-electron chi connectivity index (χ4n) is 2.30. The summed E-state index contributed by atoms with van der Waals surface area (Å²) in [5.41, 5.74) is -0.00381. The molecule has 1 saturated heterocycles. The Morgan fingerprint density at radius 3 is 2.38 bits per heavy atom. The first-order valence-electron chi connectivity index (χ1n) is 8.31. The van der Waals surface area contributed by atoms with Gasteiger partial charge in [0, 0.05) is 26.7 Å². The molecular weight excluding hydrogens is 258 g/mol. The lowest BCUT2D eigenvalue weighted by Crippen LogP contribution is -2.34. The van der Waals surface area contributed by atoms with Crippen LogP contribution in [0.3, 0.4) is 0 Å². The van der Waals surface area contributed by atoms with E-state index in [1.165, 1.54) is 19.3 Å². The Bertz CT molecular complexity index is 374. The van der Waals surface area contributed by atoms with Crippen molar-refractivity contribution in [3.8, 4) is 0 Å². The number of aliphatic imine (C=N–C) groups is 1. The van der Waals surface area contributed by atoms with Gasteiger partial charge in [-0.3, -0.25) is 0 Å². The van der Waals surface area contributed by atoms with E-state index >= 15 is 0 Å². The molecule has 0 N–H and O–H groups in total. The third-order valence-corrected chi connectivity index (χ3v) is 3.40. The first-order chi connectivity index (χ1) is 9.94. The minimum atomic E-state index is -0.00381. The third kappa shape index (κ3) is 7.35. The topological polar surface area (TPSA) is 18.8 Å². The van der Waals surface area contributed by atoms with Crippen molar-refractivity contribution in [2.75, 3.05) is 26.7 Å². The molecule has 0 aromatic carbocycles. The van der Waals surface area contributed by atoms with Gasteiger partial charge >= 0.3 is 0 Å². The van der Waals surface area contributed by atoms with Crippen LogP contribution in [0.1, 0.15) is 53.4 Å². The molecule has 0 aromatic rings. The van der Waals surface area contributed by atoms with Crippen LogP contribution in [-0.4, -0.2) is 48.0 Å². The quantitative estimate of drug-likeness (QED) is 0.520. The van der Waals surface area contributed by atoms with Crippen LogP contribution < -0.4 is 0 Å². The zero-order valence-electron chi connectivity index (χ0n) is 14.6. The van der Waals surface area contributed by atoms with Gasteiger partial charge in [-0.2, -0.15) is 0 Å². The normalized spacial score (nSPS) is 18.8. The van der Waals surface area contributed by atoms with Gasteiger partial charge in [-0.15, -0.1) is 0 Å². The standard InChI is InChI=1S/C18H33N3/c1-6-7-8-9-10-11-12-13-14-21-16-15-20(5)17(21)19-18(2,3)4/h8-11H,6-7,12-16H2,1-5H3/b9-8+,11-10+,19-17?. The number of rotatable bonds is 7. The summed E-state index contributed by atoms with van der Waals surface area (Å²) in [6, 6.07) is 0. The molecule has 3 heteroatoms. The summed E-state index contributed by atoms with van der Waals surface area (Å²) in [5, 5.41) is 0. The second-order valence-corrected chi connectivity index (χ2v) is 6.78. The van der Waals surface area contributed by atoms with Crippen molar-refractivity contribution in [1.82, 2.24) is 9.80 Å². The Hall–Kier alpha value is -1.25. The number of nitrogens with zero attached hydrogens (tertiary/aromatic N) is 3. The fourth-order valence-corrected chi connectivity index (χ4v) is 2.30. The predicted molar refractivity (Wildman–Crippen MR) is 93.8 cm³/mol. The van der Waals surface area contributed by atoms with Crippen molar-refractivity contribution >= 4 is 5.96 Å². The van der Waals surface area contributed by atoms with Gasteiger partial charge in [0.05, 0.1) is 5.54 Å². The minimum absolute atomic E-state index is 0.00381. The maximum absolute atomic E-state index is 4.86. The van der Waals surface area contributed by atoms with Crippen LogP contribution in [0.15, 0.2) is 29.3 Å². The number of guanidine groups is 1. The molecule has 0 saturated carbocycles. The molecule has 120 valence electrons. The second kappa shape index (κ2) is 8.91. The number of unbranched alkanes of at least 4 members (excludes halogenated alkanes) is 2. The molecule has 0 atom stereocenters. The largest absolute Gasteiger partial charge is 0.344 e. The molecule has 0 radical (unpaired) electrons. The lowest BCUT2D eigenvalue weighted by molar-refractivity contribution is 0.441. The Morgan fingerprint density at radius 2 is 1.76 bits per heavy atom. The second-order valence-electron chi connectivity index (χ2n) is 6.78. The number of allylic oxidation sites excluding steroid dienone is 4. The highest BCUT2D eigenvalue weighted by atomic mass is 15.4. The van der Waals surface area contributed by atoms with Gasteiger partial charge in [-0.25, -0.2) is 4.99 Å². The van der Waals surface area contributed by atoms with Gasteiger partial charge < -0.3 is 9.80 Å². The summed E-state index contributed by atoms with van der Waals surface area (Å²) in [6.45, 7) is 12.0. The molecule has 0 spiro atoms. The average molecular weight is 291 g/mol. The van der Waals surface area contributed by atoms with Crippen LogP contribution in [0.25, 0.3) is 0 Å². The molecule has 0 bridgehead atoms. The molecule has 0 unspecified atom stereocenters. The molecule has 1 aliphatic heterocycles. The molecular formula is C18H33N3. The Kier molecular flexibility index (Phi) is 7.55. The average Bonchev–Trinajstić information content (AvgIpc) is 2.73. The number of likely N-dealkylation sites (N-methyl/N-ethyl adjacent to an activating group) is 1.